The Hall–Kier alpha value is 0.242. The molecule has 0 bridgehead atoms. The van der Waals surface area contributed by atoms with Gasteiger partial charge in [0.2, 0.25) is 0 Å². The second-order valence-electron chi connectivity index (χ2n) is 24.0. The number of allylic oxidation sites excluding steroid dienone is 4. The maximum Gasteiger partial charge on any atom is -1.00 e. The Morgan fingerprint density at radius 2 is 0.508 bits per heavy atom. The maximum absolute atomic E-state index is 3.04. The van der Waals surface area contributed by atoms with Crippen LogP contribution in [0, 0.1) is 20.8 Å². The first kappa shape index (κ1) is 57.3. The fraction of sp³-hybridized carbons (Fsp3) is 0.542. The van der Waals surface area contributed by atoms with E-state index in [1.54, 1.807) is 74.5 Å². The summed E-state index contributed by atoms with van der Waals surface area (Å²) in [6.45, 7) is 64.6. The Bertz CT molecular complexity index is 1920. The van der Waals surface area contributed by atoms with Gasteiger partial charge < -0.3 is 37.2 Å². The second kappa shape index (κ2) is 18.3. The minimum Gasteiger partial charge on any atom is -1.00 e. The Morgan fingerprint density at radius 1 is 0.322 bits per heavy atom. The smallest absolute Gasteiger partial charge is 1.00 e. The third-order valence-corrected chi connectivity index (χ3v) is 35.8. The fourth-order valence-electron chi connectivity index (χ4n) is 11.1. The van der Waals surface area contributed by atoms with Crippen molar-refractivity contribution in [3.8, 4) is 0 Å². The molecule has 1 aliphatic carbocycles. The molecule has 0 saturated carbocycles. The summed E-state index contributed by atoms with van der Waals surface area (Å²) in [5.41, 5.74) is 11.1. The SMILES string of the molecule is CC1=C(C)[C]([Ti+3])([Si](c2ccc([Si](C)(C)C)c([Si](C)(C)C)c2C)(c2ccc([Si](C)(C)C)c([Si](C)(C)C)c2C)c2ccc([Si](C)(C)C)c([Si](C)(C)C)c2C)C(C)=C1C.[Cl-].[Cl-].[Cl-]. The molecule has 3 aromatic carbocycles. The molecule has 3 aromatic rings. The summed E-state index contributed by atoms with van der Waals surface area (Å²) in [6, 6.07) is 16.3. The Morgan fingerprint density at radius 3 is 0.678 bits per heavy atom. The molecule has 0 fully saturated rings. The number of benzene rings is 3. The van der Waals surface area contributed by atoms with Gasteiger partial charge in [-0.05, 0) is 0 Å². The molecule has 1 aliphatic rings. The van der Waals surface area contributed by atoms with Crippen molar-refractivity contribution in [3.63, 3.8) is 0 Å². The van der Waals surface area contributed by atoms with Crippen molar-refractivity contribution in [2.45, 2.75) is 170 Å². The molecule has 0 unspecified atom stereocenters. The summed E-state index contributed by atoms with van der Waals surface area (Å²) >= 11 is 2.74. The summed E-state index contributed by atoms with van der Waals surface area (Å²) in [5, 5.41) is 15.4. The van der Waals surface area contributed by atoms with Crippen LogP contribution in [-0.2, 0) is 20.4 Å². The average molecular weight is 1010 g/mol. The molecule has 4 rings (SSSR count). The van der Waals surface area contributed by atoms with Crippen LogP contribution in [0.5, 0.6) is 0 Å². The van der Waals surface area contributed by atoms with E-state index in [-0.39, 0.29) is 40.6 Å². The van der Waals surface area contributed by atoms with Gasteiger partial charge in [-0.3, -0.25) is 0 Å². The zero-order chi connectivity index (χ0) is 43.5. The van der Waals surface area contributed by atoms with Crippen molar-refractivity contribution in [1.29, 1.82) is 0 Å². The van der Waals surface area contributed by atoms with E-state index in [0.717, 1.165) is 0 Å². The van der Waals surface area contributed by atoms with E-state index in [1.807, 2.05) is 0 Å². The third kappa shape index (κ3) is 9.64. The van der Waals surface area contributed by atoms with Gasteiger partial charge >= 0.3 is 369 Å². The van der Waals surface area contributed by atoms with E-state index in [2.05, 4.69) is 223 Å². The van der Waals surface area contributed by atoms with Gasteiger partial charge in [-0.25, -0.2) is 0 Å². The standard InChI is InChI=1S/C48H81Si7.3ClH.Ti/c1-32-33(2)35(4)45(34(32)3)55(39-26-29-42(49(8,9)10)46(36(39)5)52(17,18)19,40-27-30-43(50(11,12)13)47(37(40)6)53(20,21)22)41-28-31-44(51(14,15)16)48(38(41)7)54(23,24)25;;;;/h26-31H,1-25H3;3*1H;/q;;;;+3/p-3. The van der Waals surface area contributed by atoms with Gasteiger partial charge in [0.05, 0.1) is 0 Å². The van der Waals surface area contributed by atoms with E-state index in [1.165, 1.54) is 11.1 Å². The van der Waals surface area contributed by atoms with Crippen LogP contribution in [0.15, 0.2) is 58.7 Å². The number of halogens is 3. The minimum atomic E-state index is -3.04. The van der Waals surface area contributed by atoms with Crippen LogP contribution in [0.2, 0.25) is 121 Å². The predicted molar refractivity (Wildman–Crippen MR) is 276 cm³/mol. The first-order chi connectivity index (χ1) is 24.9. The van der Waals surface area contributed by atoms with Crippen molar-refractivity contribution >= 4 is 103 Å². The molecule has 0 spiro atoms. The zero-order valence-electron chi connectivity index (χ0n) is 42.1. The topological polar surface area (TPSA) is 0 Å². The molecule has 0 radical (unpaired) electrons. The number of hydrogen-bond acceptors (Lipinski definition) is 0. The third-order valence-electron chi connectivity index (χ3n) is 13.7. The monoisotopic (exact) mass is 1010 g/mol. The van der Waals surface area contributed by atoms with E-state index >= 15 is 0 Å². The van der Waals surface area contributed by atoms with Gasteiger partial charge in [0, 0.05) is 0 Å². The Balaban J connectivity index is 0.00000580. The predicted octanol–water partition coefficient (Wildman–Crippen LogP) is 0.296. The molecule has 0 saturated heterocycles. The van der Waals surface area contributed by atoms with Gasteiger partial charge in [-0.2, -0.15) is 0 Å². The Labute approximate surface area is 402 Å². The molecule has 0 nitrogen and oxygen atoms in total. The molecule has 11 heteroatoms. The molecule has 0 aliphatic heterocycles. The molecule has 0 heterocycles. The molecule has 0 aromatic heterocycles. The van der Waals surface area contributed by atoms with Crippen LogP contribution in [0.4, 0.5) is 0 Å². The average Bonchev–Trinajstić information content (AvgIpc) is 3.15. The quantitative estimate of drug-likeness (QED) is 0.203. The minimum absolute atomic E-state index is 0. The Kier molecular flexibility index (Phi) is 17.7. The van der Waals surface area contributed by atoms with Crippen molar-refractivity contribution < 1.29 is 57.7 Å². The number of rotatable bonds is 10. The van der Waals surface area contributed by atoms with Gasteiger partial charge in [-0.15, -0.1) is 0 Å². The largest absolute Gasteiger partial charge is 1.00 e. The van der Waals surface area contributed by atoms with Crippen molar-refractivity contribution in [2.75, 3.05) is 0 Å². The van der Waals surface area contributed by atoms with E-state index < -0.39 is 56.5 Å². The summed E-state index contributed by atoms with van der Waals surface area (Å²) in [5.74, 6) is 0. The normalized spacial score (nSPS) is 15.6. The molecular weight excluding hydrogens is 927 g/mol. The second-order valence-corrected chi connectivity index (χ2v) is 59.9. The summed E-state index contributed by atoms with van der Waals surface area (Å²) in [6.07, 6.45) is 0. The van der Waals surface area contributed by atoms with Crippen LogP contribution in [-0.4, -0.2) is 56.5 Å². The fourth-order valence-corrected chi connectivity index (χ4v) is 38.4. The van der Waals surface area contributed by atoms with Gasteiger partial charge in [-0.1, -0.05) is 0 Å². The number of hydrogen-bond donors (Lipinski definition) is 0. The first-order valence-electron chi connectivity index (χ1n) is 21.5. The van der Waals surface area contributed by atoms with Crippen LogP contribution in [0.25, 0.3) is 0 Å². The first-order valence-corrected chi connectivity index (χ1v) is 45.3. The molecule has 0 amide bonds. The summed E-state index contributed by atoms with van der Waals surface area (Å²) < 4.78 is -0.145. The van der Waals surface area contributed by atoms with Gasteiger partial charge in [0.15, 0.2) is 0 Å². The molecule has 326 valence electrons. The molecule has 0 atom stereocenters. The van der Waals surface area contributed by atoms with E-state index in [9.17, 15) is 0 Å². The molecule has 0 N–H and O–H groups in total. The summed E-state index contributed by atoms with van der Waals surface area (Å²) in [7, 11) is -13.4. The van der Waals surface area contributed by atoms with E-state index in [0.29, 0.717) is 0 Å². The van der Waals surface area contributed by atoms with Crippen LogP contribution >= 0.6 is 0 Å². The van der Waals surface area contributed by atoms with Crippen molar-refractivity contribution in [2.24, 2.45) is 0 Å². The van der Waals surface area contributed by atoms with Crippen LogP contribution < -0.4 is 83.9 Å². The van der Waals surface area contributed by atoms with Gasteiger partial charge in [0.1, 0.15) is 0 Å². The maximum atomic E-state index is 2.74. The van der Waals surface area contributed by atoms with Crippen LogP contribution in [0.3, 0.4) is 0 Å². The summed E-state index contributed by atoms with van der Waals surface area (Å²) in [4.78, 5) is 0. The van der Waals surface area contributed by atoms with Crippen molar-refractivity contribution in [3.05, 3.63) is 75.4 Å². The van der Waals surface area contributed by atoms with E-state index in [4.69, 9.17) is 0 Å². The molecule has 59 heavy (non-hydrogen) atoms. The van der Waals surface area contributed by atoms with Gasteiger partial charge in [0.25, 0.3) is 0 Å². The molecular formula is C48H81Cl3Si7Ti. The zero-order valence-corrected chi connectivity index (χ0v) is 52.9. The van der Waals surface area contributed by atoms with Crippen molar-refractivity contribution in [1.82, 2.24) is 0 Å². The van der Waals surface area contributed by atoms with Crippen LogP contribution in [0.1, 0.15) is 44.4 Å².